The number of nitrogens with one attached hydrogen (secondary N) is 3. The van der Waals surface area contributed by atoms with E-state index in [2.05, 4.69) is 16.0 Å². The van der Waals surface area contributed by atoms with E-state index in [4.69, 9.17) is 0 Å². The molecule has 26 heavy (non-hydrogen) atoms. The highest BCUT2D eigenvalue weighted by Crippen LogP contribution is 2.30. The molecule has 3 N–H and O–H groups in total. The van der Waals surface area contributed by atoms with Crippen molar-refractivity contribution in [2.45, 2.75) is 18.9 Å². The minimum Gasteiger partial charge on any atom is -0.335 e. The largest absolute Gasteiger partial charge is 0.335 e. The first-order valence-corrected chi connectivity index (χ1v) is 8.48. The van der Waals surface area contributed by atoms with Crippen LogP contribution in [0.15, 0.2) is 48.5 Å². The van der Waals surface area contributed by atoms with Gasteiger partial charge in [0.1, 0.15) is 6.54 Å². The number of hydrogen-bond donors (Lipinski definition) is 3. The third kappa shape index (κ3) is 3.37. The minimum atomic E-state index is -0.263. The van der Waals surface area contributed by atoms with Crippen LogP contribution in [0, 0.1) is 0 Å². The van der Waals surface area contributed by atoms with Gasteiger partial charge in [0, 0.05) is 17.3 Å². The summed E-state index contributed by atoms with van der Waals surface area (Å²) >= 11 is 0. The van der Waals surface area contributed by atoms with Crippen molar-refractivity contribution in [2.24, 2.45) is 0 Å². The number of nitrogens with zero attached hydrogens (tertiary/aromatic N) is 1. The zero-order valence-corrected chi connectivity index (χ0v) is 14.0. The molecule has 0 saturated heterocycles. The predicted molar refractivity (Wildman–Crippen MR) is 98.4 cm³/mol. The van der Waals surface area contributed by atoms with Crippen molar-refractivity contribution in [1.29, 1.82) is 0 Å². The van der Waals surface area contributed by atoms with Crippen molar-refractivity contribution >= 4 is 34.9 Å². The Kier molecular flexibility index (Phi) is 4.04. The van der Waals surface area contributed by atoms with Gasteiger partial charge in [-0.3, -0.25) is 14.5 Å². The van der Waals surface area contributed by atoms with E-state index in [1.54, 1.807) is 42.5 Å². The molecule has 0 unspecified atom stereocenters. The average Bonchev–Trinajstić information content (AvgIpc) is 3.45. The number of hydrogen-bond acceptors (Lipinski definition) is 3. The normalized spacial score (nSPS) is 15.7. The second-order valence-electron chi connectivity index (χ2n) is 6.41. The van der Waals surface area contributed by atoms with Crippen molar-refractivity contribution in [3.63, 3.8) is 0 Å². The number of fused-ring (bicyclic) bond motifs is 1. The van der Waals surface area contributed by atoms with Gasteiger partial charge in [0.05, 0.1) is 11.4 Å². The molecule has 0 aromatic heterocycles. The van der Waals surface area contributed by atoms with E-state index in [1.165, 1.54) is 4.90 Å². The van der Waals surface area contributed by atoms with Crippen molar-refractivity contribution in [1.82, 2.24) is 5.32 Å². The molecule has 2 aromatic rings. The molecule has 0 radical (unpaired) electrons. The zero-order valence-electron chi connectivity index (χ0n) is 14.0. The van der Waals surface area contributed by atoms with Gasteiger partial charge in [-0.25, -0.2) is 4.79 Å². The Morgan fingerprint density at radius 2 is 1.77 bits per heavy atom. The third-order valence-electron chi connectivity index (χ3n) is 4.32. The van der Waals surface area contributed by atoms with Crippen molar-refractivity contribution in [2.75, 3.05) is 22.1 Å². The van der Waals surface area contributed by atoms with Crippen molar-refractivity contribution < 1.29 is 14.4 Å². The number of carbonyl (C=O) groups excluding carboxylic acids is 3. The fourth-order valence-electron chi connectivity index (χ4n) is 2.85. The lowest BCUT2D eigenvalue weighted by molar-refractivity contribution is -0.115. The minimum absolute atomic E-state index is 0.0281. The number of urea groups is 1. The van der Waals surface area contributed by atoms with Crippen LogP contribution in [0.4, 0.5) is 21.9 Å². The molecule has 2 aliphatic rings. The van der Waals surface area contributed by atoms with Crippen LogP contribution in [0.5, 0.6) is 0 Å². The molecule has 1 aliphatic heterocycles. The van der Waals surface area contributed by atoms with E-state index in [9.17, 15) is 14.4 Å². The van der Waals surface area contributed by atoms with Gasteiger partial charge in [0.25, 0.3) is 5.91 Å². The second-order valence-corrected chi connectivity index (χ2v) is 6.41. The van der Waals surface area contributed by atoms with E-state index in [0.29, 0.717) is 22.6 Å². The Morgan fingerprint density at radius 1 is 1.04 bits per heavy atom. The van der Waals surface area contributed by atoms with Gasteiger partial charge in [0.2, 0.25) is 5.91 Å². The van der Waals surface area contributed by atoms with Gasteiger partial charge in [-0.05, 0) is 49.2 Å². The summed E-state index contributed by atoms with van der Waals surface area (Å²) in [5, 5.41) is 8.34. The topological polar surface area (TPSA) is 90.5 Å². The molecule has 1 heterocycles. The number of para-hydroxylation sites is 2. The van der Waals surface area contributed by atoms with E-state index >= 15 is 0 Å². The molecule has 1 fully saturated rings. The Balaban J connectivity index is 1.49. The monoisotopic (exact) mass is 350 g/mol. The van der Waals surface area contributed by atoms with E-state index in [0.717, 1.165) is 12.8 Å². The Bertz CT molecular complexity index is 875. The summed E-state index contributed by atoms with van der Waals surface area (Å²) in [4.78, 5) is 37.9. The van der Waals surface area contributed by atoms with Crippen molar-refractivity contribution in [3.8, 4) is 0 Å². The first kappa shape index (κ1) is 16.1. The summed E-state index contributed by atoms with van der Waals surface area (Å²) < 4.78 is 0. The number of benzene rings is 2. The van der Waals surface area contributed by atoms with E-state index in [1.807, 2.05) is 6.07 Å². The van der Waals surface area contributed by atoms with Gasteiger partial charge in [-0.1, -0.05) is 12.1 Å². The van der Waals surface area contributed by atoms with E-state index < -0.39 is 0 Å². The second kappa shape index (κ2) is 6.51. The Morgan fingerprint density at radius 3 is 2.50 bits per heavy atom. The fourth-order valence-corrected chi connectivity index (χ4v) is 2.85. The lowest BCUT2D eigenvalue weighted by atomic mass is 10.1. The van der Waals surface area contributed by atoms with Gasteiger partial charge in [-0.2, -0.15) is 0 Å². The predicted octanol–water partition coefficient (Wildman–Crippen LogP) is 2.57. The van der Waals surface area contributed by atoms with Crippen LogP contribution >= 0.6 is 0 Å². The smallest absolute Gasteiger partial charge is 0.319 e. The third-order valence-corrected chi connectivity index (χ3v) is 4.32. The molecule has 4 rings (SSSR count). The first-order chi connectivity index (χ1) is 12.6. The molecule has 7 heteroatoms. The molecule has 0 atom stereocenters. The molecular formula is C19H18N4O3. The number of carbonyl (C=O) groups is 3. The molecule has 1 aliphatic carbocycles. The molecule has 0 spiro atoms. The maximum absolute atomic E-state index is 12.8. The van der Waals surface area contributed by atoms with Crippen LogP contribution in [0.25, 0.3) is 0 Å². The molecule has 132 valence electrons. The van der Waals surface area contributed by atoms with Crippen LogP contribution in [-0.4, -0.2) is 30.4 Å². The highest BCUT2D eigenvalue weighted by molar-refractivity contribution is 6.15. The summed E-state index contributed by atoms with van der Waals surface area (Å²) in [6.45, 7) is -0.0281. The van der Waals surface area contributed by atoms with Gasteiger partial charge in [0.15, 0.2) is 0 Å². The Labute approximate surface area is 150 Å². The number of anilines is 3. The first-order valence-electron chi connectivity index (χ1n) is 8.48. The van der Waals surface area contributed by atoms with Crippen molar-refractivity contribution in [3.05, 3.63) is 54.1 Å². The number of rotatable bonds is 3. The maximum Gasteiger partial charge on any atom is 0.319 e. The number of amides is 4. The van der Waals surface area contributed by atoms with Gasteiger partial charge in [-0.15, -0.1) is 0 Å². The summed E-state index contributed by atoms with van der Waals surface area (Å²) in [7, 11) is 0. The molecule has 7 nitrogen and oxygen atoms in total. The highest BCUT2D eigenvalue weighted by Gasteiger charge is 2.27. The van der Waals surface area contributed by atoms with E-state index in [-0.39, 0.29) is 30.4 Å². The van der Waals surface area contributed by atoms with Crippen LogP contribution < -0.4 is 20.9 Å². The summed E-state index contributed by atoms with van der Waals surface area (Å²) in [6, 6.07) is 13.9. The molecule has 2 aromatic carbocycles. The summed E-state index contributed by atoms with van der Waals surface area (Å²) in [5.74, 6) is -0.492. The van der Waals surface area contributed by atoms with Gasteiger partial charge < -0.3 is 16.0 Å². The Hall–Kier alpha value is -3.35. The van der Waals surface area contributed by atoms with Crippen LogP contribution in [0.3, 0.4) is 0 Å². The molecule has 1 saturated carbocycles. The van der Waals surface area contributed by atoms with Crippen LogP contribution in [0.2, 0.25) is 0 Å². The lowest BCUT2D eigenvalue weighted by Crippen LogP contribution is -2.42. The average molecular weight is 350 g/mol. The molecule has 4 amide bonds. The standard InChI is InChI=1S/C19H18N4O3/c24-17-11-23(16-4-2-1-3-15(16)22-17)18(25)12-5-7-13(8-6-12)20-19(26)21-14-9-10-14/h1-8,14H,9-11H2,(H,22,24)(H2,20,21,26). The summed E-state index contributed by atoms with van der Waals surface area (Å²) in [5.41, 5.74) is 2.34. The molecular weight excluding hydrogens is 332 g/mol. The molecule has 0 bridgehead atoms. The van der Waals surface area contributed by atoms with Crippen LogP contribution in [0.1, 0.15) is 23.2 Å². The van der Waals surface area contributed by atoms with Crippen LogP contribution in [-0.2, 0) is 4.79 Å². The zero-order chi connectivity index (χ0) is 18.1. The highest BCUT2D eigenvalue weighted by atomic mass is 16.2. The maximum atomic E-state index is 12.8. The SMILES string of the molecule is O=C1CN(C(=O)c2ccc(NC(=O)NC3CC3)cc2)c2ccccc2N1. The lowest BCUT2D eigenvalue weighted by Gasteiger charge is -2.29. The fraction of sp³-hybridized carbons (Fsp3) is 0.211. The quantitative estimate of drug-likeness (QED) is 0.795. The van der Waals surface area contributed by atoms with Gasteiger partial charge >= 0.3 is 6.03 Å². The summed E-state index contributed by atoms with van der Waals surface area (Å²) in [6.07, 6.45) is 2.04.